The standard InChI is InChI=1S/C17H28N2O3/c1-12-9-10-19(15(20)11-12)14-8-6-5-7-13(14)18-16(21)22-17(2,3)4/h11,13-14H,5-10H2,1-4H3,(H,18,21). The molecule has 22 heavy (non-hydrogen) atoms. The summed E-state index contributed by atoms with van der Waals surface area (Å²) in [7, 11) is 0. The van der Waals surface area contributed by atoms with Crippen LogP contribution >= 0.6 is 0 Å². The Bertz CT molecular complexity index is 465. The van der Waals surface area contributed by atoms with Crippen molar-refractivity contribution in [3.63, 3.8) is 0 Å². The van der Waals surface area contributed by atoms with Gasteiger partial charge in [-0.3, -0.25) is 4.79 Å². The first-order chi connectivity index (χ1) is 10.3. The maximum absolute atomic E-state index is 12.3. The lowest BCUT2D eigenvalue weighted by Gasteiger charge is -2.41. The van der Waals surface area contributed by atoms with Crippen LogP contribution in [0, 0.1) is 0 Å². The molecule has 2 atom stereocenters. The SMILES string of the molecule is CC1=CC(=O)N(C2CCCCC2NC(=O)OC(C)(C)C)CC1. The zero-order valence-electron chi connectivity index (χ0n) is 14.1. The van der Waals surface area contributed by atoms with E-state index in [2.05, 4.69) is 5.32 Å². The molecule has 0 bridgehead atoms. The number of ether oxygens (including phenoxy) is 1. The summed E-state index contributed by atoms with van der Waals surface area (Å²) in [5.41, 5.74) is 0.628. The van der Waals surface area contributed by atoms with Gasteiger partial charge in [-0.25, -0.2) is 4.79 Å². The molecule has 0 aromatic rings. The molecule has 1 aliphatic carbocycles. The molecular formula is C17H28N2O3. The van der Waals surface area contributed by atoms with Crippen LogP contribution < -0.4 is 5.32 Å². The van der Waals surface area contributed by atoms with Crippen molar-refractivity contribution in [3.05, 3.63) is 11.6 Å². The summed E-state index contributed by atoms with van der Waals surface area (Å²) in [6.45, 7) is 8.30. The first-order valence-electron chi connectivity index (χ1n) is 8.23. The molecule has 1 aliphatic heterocycles. The molecule has 1 heterocycles. The minimum Gasteiger partial charge on any atom is -0.444 e. The van der Waals surface area contributed by atoms with Crippen molar-refractivity contribution >= 4 is 12.0 Å². The fourth-order valence-corrected chi connectivity index (χ4v) is 3.21. The Morgan fingerprint density at radius 1 is 1.32 bits per heavy atom. The molecule has 0 radical (unpaired) electrons. The van der Waals surface area contributed by atoms with Crippen molar-refractivity contribution in [2.24, 2.45) is 0 Å². The highest BCUT2D eigenvalue weighted by atomic mass is 16.6. The van der Waals surface area contributed by atoms with Gasteiger partial charge in [0.15, 0.2) is 0 Å². The zero-order valence-corrected chi connectivity index (χ0v) is 14.1. The predicted octanol–water partition coefficient (Wildman–Crippen LogP) is 3.00. The molecule has 2 aliphatic rings. The van der Waals surface area contributed by atoms with E-state index in [-0.39, 0.29) is 24.1 Å². The Balaban J connectivity index is 2.02. The molecule has 2 rings (SSSR count). The number of carbonyl (C=O) groups is 2. The molecule has 2 amide bonds. The lowest BCUT2D eigenvalue weighted by Crippen LogP contribution is -2.56. The second-order valence-corrected chi connectivity index (χ2v) is 7.38. The molecule has 0 spiro atoms. The van der Waals surface area contributed by atoms with Gasteiger partial charge in [0.2, 0.25) is 5.91 Å². The van der Waals surface area contributed by atoms with E-state index in [1.54, 1.807) is 6.08 Å². The van der Waals surface area contributed by atoms with Gasteiger partial charge in [-0.1, -0.05) is 18.4 Å². The third-order valence-electron chi connectivity index (χ3n) is 4.23. The molecule has 1 saturated carbocycles. The summed E-state index contributed by atoms with van der Waals surface area (Å²) < 4.78 is 5.35. The van der Waals surface area contributed by atoms with Crippen molar-refractivity contribution < 1.29 is 14.3 Å². The number of nitrogens with one attached hydrogen (secondary N) is 1. The normalized spacial score (nSPS) is 26.5. The Morgan fingerprint density at radius 3 is 2.64 bits per heavy atom. The number of nitrogens with zero attached hydrogens (tertiary/aromatic N) is 1. The molecule has 5 heteroatoms. The van der Waals surface area contributed by atoms with Gasteiger partial charge in [-0.15, -0.1) is 0 Å². The van der Waals surface area contributed by atoms with Crippen LogP contribution in [0.15, 0.2) is 11.6 Å². The maximum Gasteiger partial charge on any atom is 0.407 e. The van der Waals surface area contributed by atoms with Crippen molar-refractivity contribution in [2.45, 2.75) is 77.5 Å². The van der Waals surface area contributed by atoms with Crippen molar-refractivity contribution in [1.82, 2.24) is 10.2 Å². The van der Waals surface area contributed by atoms with Gasteiger partial charge in [0.1, 0.15) is 5.60 Å². The van der Waals surface area contributed by atoms with E-state index in [1.165, 1.54) is 0 Å². The van der Waals surface area contributed by atoms with Crippen LogP contribution in [0.25, 0.3) is 0 Å². The molecule has 0 aromatic heterocycles. The van der Waals surface area contributed by atoms with Gasteiger partial charge in [0.05, 0.1) is 12.1 Å². The van der Waals surface area contributed by atoms with E-state index in [1.807, 2.05) is 32.6 Å². The van der Waals surface area contributed by atoms with E-state index < -0.39 is 5.60 Å². The zero-order chi connectivity index (χ0) is 16.3. The van der Waals surface area contributed by atoms with Gasteiger partial charge >= 0.3 is 6.09 Å². The third kappa shape index (κ3) is 4.49. The molecule has 1 N–H and O–H groups in total. The molecular weight excluding hydrogens is 280 g/mol. The van der Waals surface area contributed by atoms with Gasteiger partial charge in [0, 0.05) is 12.6 Å². The van der Waals surface area contributed by atoms with Crippen LogP contribution in [0.5, 0.6) is 0 Å². The first-order valence-corrected chi connectivity index (χ1v) is 8.23. The van der Waals surface area contributed by atoms with Gasteiger partial charge in [-0.05, 0) is 47.0 Å². The van der Waals surface area contributed by atoms with Crippen molar-refractivity contribution in [3.8, 4) is 0 Å². The third-order valence-corrected chi connectivity index (χ3v) is 4.23. The minimum absolute atomic E-state index is 0.0145. The summed E-state index contributed by atoms with van der Waals surface area (Å²) >= 11 is 0. The summed E-state index contributed by atoms with van der Waals surface area (Å²) in [5, 5.41) is 2.98. The van der Waals surface area contributed by atoms with Crippen LogP contribution in [0.3, 0.4) is 0 Å². The van der Waals surface area contributed by atoms with Gasteiger partial charge in [0.25, 0.3) is 0 Å². The highest BCUT2D eigenvalue weighted by molar-refractivity contribution is 5.89. The maximum atomic E-state index is 12.3. The average molecular weight is 308 g/mol. The second-order valence-electron chi connectivity index (χ2n) is 7.38. The number of hydrogen-bond donors (Lipinski definition) is 1. The van der Waals surface area contributed by atoms with E-state index in [0.29, 0.717) is 0 Å². The van der Waals surface area contributed by atoms with Crippen LogP contribution in [-0.2, 0) is 9.53 Å². The fourth-order valence-electron chi connectivity index (χ4n) is 3.21. The largest absolute Gasteiger partial charge is 0.444 e. The van der Waals surface area contributed by atoms with Crippen molar-refractivity contribution in [2.75, 3.05) is 6.54 Å². The van der Waals surface area contributed by atoms with Crippen LogP contribution in [0.1, 0.15) is 59.8 Å². The molecule has 5 nitrogen and oxygen atoms in total. The number of rotatable bonds is 2. The predicted molar refractivity (Wildman–Crippen MR) is 85.5 cm³/mol. The number of hydrogen-bond acceptors (Lipinski definition) is 3. The van der Waals surface area contributed by atoms with Crippen molar-refractivity contribution in [1.29, 1.82) is 0 Å². The quantitative estimate of drug-likeness (QED) is 0.853. The lowest BCUT2D eigenvalue weighted by atomic mass is 9.88. The Kier molecular flexibility index (Phi) is 5.14. The Hall–Kier alpha value is -1.52. The highest BCUT2D eigenvalue weighted by Crippen LogP contribution is 2.26. The monoisotopic (exact) mass is 308 g/mol. The summed E-state index contributed by atoms with van der Waals surface area (Å²) in [5.74, 6) is 0.0756. The summed E-state index contributed by atoms with van der Waals surface area (Å²) in [4.78, 5) is 26.2. The Labute approximate surface area is 133 Å². The molecule has 124 valence electrons. The lowest BCUT2D eigenvalue weighted by molar-refractivity contribution is -0.130. The van der Waals surface area contributed by atoms with E-state index >= 15 is 0 Å². The Morgan fingerprint density at radius 2 is 2.00 bits per heavy atom. The number of alkyl carbamates (subject to hydrolysis) is 1. The van der Waals surface area contributed by atoms with Crippen LogP contribution in [0.2, 0.25) is 0 Å². The smallest absolute Gasteiger partial charge is 0.407 e. The molecule has 0 saturated heterocycles. The second kappa shape index (κ2) is 6.71. The van der Waals surface area contributed by atoms with Gasteiger partial charge < -0.3 is 15.0 Å². The summed E-state index contributed by atoms with van der Waals surface area (Å²) in [6, 6.07) is 0.0671. The minimum atomic E-state index is -0.505. The van der Waals surface area contributed by atoms with Crippen LogP contribution in [0.4, 0.5) is 4.79 Å². The molecule has 1 fully saturated rings. The number of carbonyl (C=O) groups excluding carboxylic acids is 2. The molecule has 2 unspecified atom stereocenters. The first kappa shape index (κ1) is 16.8. The summed E-state index contributed by atoms with van der Waals surface area (Å²) in [6.07, 6.45) is 6.28. The number of amides is 2. The van der Waals surface area contributed by atoms with E-state index in [4.69, 9.17) is 4.74 Å². The topological polar surface area (TPSA) is 58.6 Å². The van der Waals surface area contributed by atoms with E-state index in [0.717, 1.165) is 44.2 Å². The van der Waals surface area contributed by atoms with Crippen LogP contribution in [-0.4, -0.2) is 41.1 Å². The van der Waals surface area contributed by atoms with E-state index in [9.17, 15) is 9.59 Å². The van der Waals surface area contributed by atoms with Gasteiger partial charge in [-0.2, -0.15) is 0 Å². The molecule has 0 aromatic carbocycles. The fraction of sp³-hybridized carbons (Fsp3) is 0.765. The highest BCUT2D eigenvalue weighted by Gasteiger charge is 2.35. The average Bonchev–Trinajstić information content (AvgIpc) is 2.37.